The zero-order valence-electron chi connectivity index (χ0n) is 6.83. The number of ether oxygens (including phenoxy) is 2. The highest BCUT2D eigenvalue weighted by Gasteiger charge is 2.26. The number of esters is 1. The minimum atomic E-state index is -1.47. The van der Waals surface area contributed by atoms with Crippen molar-refractivity contribution >= 4 is 18.2 Å². The fraction of sp³-hybridized carbons (Fsp3) is 0.571. The second-order valence-electron chi connectivity index (χ2n) is 1.94. The van der Waals surface area contributed by atoms with Crippen LogP contribution in [0.3, 0.4) is 0 Å². The molecule has 0 spiro atoms. The van der Waals surface area contributed by atoms with E-state index >= 15 is 0 Å². The van der Waals surface area contributed by atoms with E-state index in [2.05, 4.69) is 9.47 Å². The Labute approximate surface area is 69.6 Å². The molecule has 5 nitrogen and oxygen atoms in total. The molecule has 5 heteroatoms. The highest BCUT2D eigenvalue weighted by molar-refractivity contribution is 6.01. The van der Waals surface area contributed by atoms with Crippen LogP contribution in [0.4, 0.5) is 0 Å². The van der Waals surface area contributed by atoms with E-state index in [4.69, 9.17) is 0 Å². The molecule has 0 bridgehead atoms. The molecule has 1 radical (unpaired) electrons. The van der Waals surface area contributed by atoms with Crippen molar-refractivity contribution in [3.8, 4) is 0 Å². The van der Waals surface area contributed by atoms with Gasteiger partial charge in [-0.3, -0.25) is 4.79 Å². The first kappa shape index (κ1) is 10.6. The van der Waals surface area contributed by atoms with Gasteiger partial charge in [-0.1, -0.05) is 0 Å². The first-order valence-corrected chi connectivity index (χ1v) is 3.33. The zero-order valence-corrected chi connectivity index (χ0v) is 6.83. The summed E-state index contributed by atoms with van der Waals surface area (Å²) in [5.41, 5.74) is 0. The molecule has 0 heterocycles. The van der Waals surface area contributed by atoms with Crippen molar-refractivity contribution in [2.24, 2.45) is 0 Å². The second kappa shape index (κ2) is 5.29. The van der Waals surface area contributed by atoms with E-state index in [0.29, 0.717) is 0 Å². The average Bonchev–Trinajstić information content (AvgIpc) is 1.99. The summed E-state index contributed by atoms with van der Waals surface area (Å²) in [4.78, 5) is 31.2. The Hall–Kier alpha value is -1.39. The second-order valence-corrected chi connectivity index (χ2v) is 1.94. The maximum Gasteiger partial charge on any atom is 0.418 e. The summed E-state index contributed by atoms with van der Waals surface area (Å²) in [6, 6.07) is 0. The van der Waals surface area contributed by atoms with Gasteiger partial charge in [0.05, 0.1) is 6.61 Å². The third kappa shape index (κ3) is 3.14. The van der Waals surface area contributed by atoms with E-state index in [1.165, 1.54) is 0 Å². The van der Waals surface area contributed by atoms with Gasteiger partial charge in [0.2, 0.25) is 0 Å². The zero-order chi connectivity index (χ0) is 9.56. The molecule has 1 unspecified atom stereocenters. The van der Waals surface area contributed by atoms with E-state index in [-0.39, 0.29) is 6.61 Å². The molecule has 12 heavy (non-hydrogen) atoms. The lowest BCUT2D eigenvalue weighted by atomic mass is 10.2. The van der Waals surface area contributed by atoms with Crippen LogP contribution in [0.25, 0.3) is 0 Å². The van der Waals surface area contributed by atoms with Crippen molar-refractivity contribution in [2.75, 3.05) is 6.61 Å². The lowest BCUT2D eigenvalue weighted by Crippen LogP contribution is -2.32. The number of hydrogen-bond acceptors (Lipinski definition) is 5. The smallest absolute Gasteiger partial charge is 0.418 e. The Morgan fingerprint density at radius 3 is 2.42 bits per heavy atom. The van der Waals surface area contributed by atoms with Crippen molar-refractivity contribution in [3.05, 3.63) is 0 Å². The number of Topliss-reactive ketones (excluding diaryl/α,β-unsaturated/α-hetero) is 1. The first-order chi connectivity index (χ1) is 5.63. The Balaban J connectivity index is 4.18. The van der Waals surface area contributed by atoms with Crippen molar-refractivity contribution in [2.45, 2.75) is 20.0 Å². The molecule has 0 saturated carbocycles. The van der Waals surface area contributed by atoms with Gasteiger partial charge in [0.25, 0.3) is 6.10 Å². The van der Waals surface area contributed by atoms with Crippen LogP contribution >= 0.6 is 0 Å². The maximum atomic E-state index is 10.8. The van der Waals surface area contributed by atoms with E-state index in [1.54, 1.807) is 6.92 Å². The molecule has 0 aromatic heterocycles. The largest absolute Gasteiger partial charge is 0.463 e. The molecule has 1 atom stereocenters. The number of hydrogen-bond donors (Lipinski definition) is 0. The van der Waals surface area contributed by atoms with Gasteiger partial charge in [-0.25, -0.2) is 9.59 Å². The number of carbonyl (C=O) groups is 2. The molecule has 67 valence electrons. The molecule has 0 aliphatic carbocycles. The molecular formula is C7H9O5. The molecule has 0 fully saturated rings. The third-order valence-electron chi connectivity index (χ3n) is 1.04. The number of carbonyl (C=O) groups excluding carboxylic acids is 3. The maximum absolute atomic E-state index is 10.8. The van der Waals surface area contributed by atoms with Crippen molar-refractivity contribution < 1.29 is 23.9 Å². The predicted octanol–water partition coefficient (Wildman–Crippen LogP) is -0.409. The minimum absolute atomic E-state index is 0.130. The SMILES string of the molecule is CCOC(=O)C(O[C]=O)C(C)=O. The average molecular weight is 173 g/mol. The first-order valence-electron chi connectivity index (χ1n) is 3.33. The van der Waals surface area contributed by atoms with Gasteiger partial charge >= 0.3 is 12.4 Å². The highest BCUT2D eigenvalue weighted by atomic mass is 16.6. The molecule has 0 aromatic carbocycles. The van der Waals surface area contributed by atoms with Gasteiger partial charge in [0.1, 0.15) is 0 Å². The Bertz CT molecular complexity index is 186. The van der Waals surface area contributed by atoms with Crippen LogP contribution in [-0.4, -0.2) is 30.9 Å². The quantitative estimate of drug-likeness (QED) is 0.417. The predicted molar refractivity (Wildman–Crippen MR) is 37.9 cm³/mol. The normalized spacial score (nSPS) is 11.5. The van der Waals surface area contributed by atoms with E-state index in [1.807, 2.05) is 0 Å². The summed E-state index contributed by atoms with van der Waals surface area (Å²) in [7, 11) is 0. The molecule has 0 saturated heterocycles. The van der Waals surface area contributed by atoms with Crippen molar-refractivity contribution in [1.82, 2.24) is 0 Å². The van der Waals surface area contributed by atoms with Gasteiger partial charge in [-0.2, -0.15) is 0 Å². The fourth-order valence-electron chi connectivity index (χ4n) is 0.563. The van der Waals surface area contributed by atoms with E-state index < -0.39 is 17.9 Å². The van der Waals surface area contributed by atoms with Gasteiger partial charge in [0.15, 0.2) is 5.78 Å². The van der Waals surface area contributed by atoms with Gasteiger partial charge in [0, 0.05) is 0 Å². The third-order valence-corrected chi connectivity index (χ3v) is 1.04. The van der Waals surface area contributed by atoms with Gasteiger partial charge in [-0.15, -0.1) is 0 Å². The van der Waals surface area contributed by atoms with Crippen LogP contribution in [-0.2, 0) is 23.9 Å². The van der Waals surface area contributed by atoms with E-state index in [0.717, 1.165) is 13.4 Å². The molecular weight excluding hydrogens is 164 g/mol. The summed E-state index contributed by atoms with van der Waals surface area (Å²) in [6.45, 7) is 3.85. The summed E-state index contributed by atoms with van der Waals surface area (Å²) in [5.74, 6) is -1.45. The standard InChI is InChI=1S/C7H9O5/c1-3-11-7(10)6(5(2)9)12-4-8/h6H,3H2,1-2H3. The van der Waals surface area contributed by atoms with Crippen molar-refractivity contribution in [3.63, 3.8) is 0 Å². The highest BCUT2D eigenvalue weighted by Crippen LogP contribution is 1.95. The van der Waals surface area contributed by atoms with Crippen molar-refractivity contribution in [1.29, 1.82) is 0 Å². The van der Waals surface area contributed by atoms with Gasteiger partial charge < -0.3 is 9.47 Å². The van der Waals surface area contributed by atoms with Crippen LogP contribution in [0.15, 0.2) is 0 Å². The molecule has 0 N–H and O–H groups in total. The van der Waals surface area contributed by atoms with Crippen LogP contribution in [0.1, 0.15) is 13.8 Å². The number of rotatable bonds is 5. The molecule has 0 amide bonds. The lowest BCUT2D eigenvalue weighted by Gasteiger charge is -2.08. The van der Waals surface area contributed by atoms with Crippen LogP contribution in [0.2, 0.25) is 0 Å². The molecule has 0 aromatic rings. The lowest BCUT2D eigenvalue weighted by molar-refractivity contribution is -0.155. The summed E-state index contributed by atoms with van der Waals surface area (Å²) >= 11 is 0. The van der Waals surface area contributed by atoms with E-state index in [9.17, 15) is 14.4 Å². The fourth-order valence-corrected chi connectivity index (χ4v) is 0.563. The number of ketones is 1. The molecule has 0 aliphatic rings. The summed E-state index contributed by atoms with van der Waals surface area (Å²) in [6.07, 6.45) is -1.47. The topological polar surface area (TPSA) is 69.7 Å². The molecule has 0 rings (SSSR count). The van der Waals surface area contributed by atoms with Gasteiger partial charge in [-0.05, 0) is 13.8 Å². The van der Waals surface area contributed by atoms with Crippen LogP contribution in [0.5, 0.6) is 0 Å². The Morgan fingerprint density at radius 2 is 2.08 bits per heavy atom. The molecule has 0 aliphatic heterocycles. The Morgan fingerprint density at radius 1 is 1.50 bits per heavy atom. The van der Waals surface area contributed by atoms with Crippen LogP contribution < -0.4 is 0 Å². The minimum Gasteiger partial charge on any atom is -0.463 e. The Kier molecular flexibility index (Phi) is 4.67. The summed E-state index contributed by atoms with van der Waals surface area (Å²) in [5, 5.41) is 0. The van der Waals surface area contributed by atoms with Crippen LogP contribution in [0, 0.1) is 0 Å². The summed E-state index contributed by atoms with van der Waals surface area (Å²) < 4.78 is 8.54. The monoisotopic (exact) mass is 173 g/mol.